The highest BCUT2D eigenvalue weighted by Crippen LogP contribution is 2.44. The third-order valence-electron chi connectivity index (χ3n) is 6.99. The third kappa shape index (κ3) is 4.89. The lowest BCUT2D eigenvalue weighted by atomic mass is 9.74. The number of aliphatic imine (C=N–C) groups is 2. The molecule has 0 saturated carbocycles. The summed E-state index contributed by atoms with van der Waals surface area (Å²) in [7, 11) is 0. The highest BCUT2D eigenvalue weighted by Gasteiger charge is 2.61. The van der Waals surface area contributed by atoms with E-state index in [4.69, 9.17) is 14.5 Å². The van der Waals surface area contributed by atoms with Crippen molar-refractivity contribution in [2.45, 2.75) is 64.5 Å². The van der Waals surface area contributed by atoms with Crippen molar-refractivity contribution >= 4 is 24.3 Å². The van der Waals surface area contributed by atoms with Crippen molar-refractivity contribution in [3.05, 3.63) is 47.7 Å². The van der Waals surface area contributed by atoms with E-state index in [1.165, 1.54) is 16.7 Å². The number of rotatable bonds is 3. The standard InChI is InChI=1S/C26H33F3N6O3/c1-8-19(32-21(30-7)18-13-31-20-10-9-17(14-34(18)20)26(27,28)29)35-11-12-37-25(24(35,5)6)15-33(16-25)22(36)38-23(2,3)4/h8-10,13-14H,7,11-12,15-16H2,1-6H3/b19-8+,32-21-. The Morgan fingerprint density at radius 2 is 1.92 bits per heavy atom. The van der Waals surface area contributed by atoms with Gasteiger partial charge >= 0.3 is 12.3 Å². The maximum absolute atomic E-state index is 13.3. The topological polar surface area (TPSA) is 84.0 Å². The molecule has 1 spiro atoms. The normalized spacial score (nSPS) is 20.0. The van der Waals surface area contributed by atoms with Gasteiger partial charge in [-0.2, -0.15) is 13.2 Å². The number of fused-ring (bicyclic) bond motifs is 1. The van der Waals surface area contributed by atoms with E-state index >= 15 is 0 Å². The van der Waals surface area contributed by atoms with Crippen molar-refractivity contribution in [1.29, 1.82) is 0 Å². The lowest BCUT2D eigenvalue weighted by Crippen LogP contribution is -2.79. The number of likely N-dealkylation sites (tertiary alicyclic amines) is 1. The van der Waals surface area contributed by atoms with E-state index in [-0.39, 0.29) is 11.5 Å². The molecule has 1 amide bonds. The molecular weight excluding hydrogens is 501 g/mol. The Kier molecular flexibility index (Phi) is 6.84. The highest BCUT2D eigenvalue weighted by molar-refractivity contribution is 6.01. The number of allylic oxidation sites excluding steroid dienone is 1. The van der Waals surface area contributed by atoms with E-state index in [0.29, 0.717) is 37.7 Å². The van der Waals surface area contributed by atoms with Crippen LogP contribution in [0.25, 0.3) is 5.65 Å². The van der Waals surface area contributed by atoms with Crippen LogP contribution < -0.4 is 0 Å². The Bertz CT molecular complexity index is 1300. The molecular formula is C26H33F3N6O3. The third-order valence-corrected chi connectivity index (χ3v) is 6.99. The zero-order valence-electron chi connectivity index (χ0n) is 22.5. The average molecular weight is 535 g/mol. The lowest BCUT2D eigenvalue weighted by molar-refractivity contribution is -0.231. The Balaban J connectivity index is 1.63. The van der Waals surface area contributed by atoms with Crippen molar-refractivity contribution in [2.24, 2.45) is 9.98 Å². The van der Waals surface area contributed by atoms with Crippen LogP contribution in [0.3, 0.4) is 0 Å². The highest BCUT2D eigenvalue weighted by atomic mass is 19.4. The molecule has 38 heavy (non-hydrogen) atoms. The summed E-state index contributed by atoms with van der Waals surface area (Å²) in [6.45, 7) is 16.5. The second kappa shape index (κ2) is 9.40. The van der Waals surface area contributed by atoms with Gasteiger partial charge in [0.05, 0.1) is 37.0 Å². The van der Waals surface area contributed by atoms with Gasteiger partial charge in [-0.1, -0.05) is 0 Å². The molecule has 2 aromatic heterocycles. The zero-order chi connectivity index (χ0) is 28.1. The molecule has 12 heteroatoms. The smallest absolute Gasteiger partial charge is 0.417 e. The van der Waals surface area contributed by atoms with E-state index in [0.717, 1.165) is 12.3 Å². The van der Waals surface area contributed by atoms with Crippen molar-refractivity contribution < 1.29 is 27.4 Å². The van der Waals surface area contributed by atoms with E-state index < -0.39 is 34.6 Å². The maximum Gasteiger partial charge on any atom is 0.417 e. The van der Waals surface area contributed by atoms with Gasteiger partial charge in [0.25, 0.3) is 0 Å². The van der Waals surface area contributed by atoms with E-state index in [1.807, 2.05) is 41.5 Å². The summed E-state index contributed by atoms with van der Waals surface area (Å²) in [5.41, 5.74) is -2.05. The summed E-state index contributed by atoms with van der Waals surface area (Å²) >= 11 is 0. The summed E-state index contributed by atoms with van der Waals surface area (Å²) in [5.74, 6) is 0.683. The molecule has 9 nitrogen and oxygen atoms in total. The number of alkyl halides is 3. The van der Waals surface area contributed by atoms with Crippen LogP contribution in [0, 0.1) is 0 Å². The Morgan fingerprint density at radius 3 is 2.50 bits per heavy atom. The van der Waals surface area contributed by atoms with Crippen molar-refractivity contribution in [1.82, 2.24) is 19.2 Å². The zero-order valence-corrected chi connectivity index (χ0v) is 22.5. The average Bonchev–Trinajstić information content (AvgIpc) is 3.20. The molecule has 0 atom stereocenters. The molecule has 0 bridgehead atoms. The van der Waals surface area contributed by atoms with Gasteiger partial charge in [0.15, 0.2) is 5.84 Å². The number of halogens is 3. The van der Waals surface area contributed by atoms with E-state index in [1.54, 1.807) is 11.0 Å². The second-order valence-corrected chi connectivity index (χ2v) is 10.9. The van der Waals surface area contributed by atoms with Crippen LogP contribution in [0.2, 0.25) is 0 Å². The predicted octanol–water partition coefficient (Wildman–Crippen LogP) is 4.76. The summed E-state index contributed by atoms with van der Waals surface area (Å²) < 4.78 is 53.1. The van der Waals surface area contributed by atoms with Gasteiger partial charge in [-0.3, -0.25) is 4.40 Å². The quantitative estimate of drug-likeness (QED) is 0.419. The molecule has 0 radical (unpaired) electrons. The molecule has 4 rings (SSSR count). The fourth-order valence-electron chi connectivity index (χ4n) is 4.82. The van der Waals surface area contributed by atoms with Gasteiger partial charge in [0.1, 0.15) is 28.4 Å². The number of ether oxygens (including phenoxy) is 2. The van der Waals surface area contributed by atoms with E-state index in [9.17, 15) is 18.0 Å². The molecule has 0 aromatic carbocycles. The first-order chi connectivity index (χ1) is 17.6. The van der Waals surface area contributed by atoms with Gasteiger partial charge in [0, 0.05) is 12.7 Å². The molecule has 0 unspecified atom stereocenters. The SMILES string of the molecule is C=N/C(=N\C(=C/C)N1CCOC2(CN(C(=O)OC(C)(C)C)C2)C1(C)C)c1cnc2ccc(C(F)(F)F)cn12. The fraction of sp³-hybridized carbons (Fsp3) is 0.538. The molecule has 4 heterocycles. The Labute approximate surface area is 219 Å². The van der Waals surface area contributed by atoms with Crippen LogP contribution in [0.1, 0.15) is 52.8 Å². The summed E-state index contributed by atoms with van der Waals surface area (Å²) in [6, 6.07) is 2.28. The van der Waals surface area contributed by atoms with Crippen LogP contribution in [-0.4, -0.2) is 80.8 Å². The maximum atomic E-state index is 13.3. The monoisotopic (exact) mass is 534 g/mol. The number of morpholine rings is 1. The number of aromatic nitrogens is 2. The first-order valence-corrected chi connectivity index (χ1v) is 12.3. The minimum Gasteiger partial charge on any atom is -0.444 e. The lowest BCUT2D eigenvalue weighted by Gasteiger charge is -2.63. The van der Waals surface area contributed by atoms with Crippen LogP contribution in [0.5, 0.6) is 0 Å². The molecule has 2 aliphatic rings. The molecule has 2 aromatic rings. The summed E-state index contributed by atoms with van der Waals surface area (Å²) in [4.78, 5) is 29.2. The molecule has 0 aliphatic carbocycles. The van der Waals surface area contributed by atoms with Gasteiger partial charge in [-0.15, -0.1) is 0 Å². The molecule has 206 valence electrons. The van der Waals surface area contributed by atoms with Crippen LogP contribution >= 0.6 is 0 Å². The second-order valence-electron chi connectivity index (χ2n) is 10.9. The molecule has 0 N–H and O–H groups in total. The number of nitrogens with zero attached hydrogens (tertiary/aromatic N) is 6. The van der Waals surface area contributed by atoms with Gasteiger partial charge < -0.3 is 19.3 Å². The first-order valence-electron chi connectivity index (χ1n) is 12.3. The van der Waals surface area contributed by atoms with E-state index in [2.05, 4.69) is 21.6 Å². The van der Waals surface area contributed by atoms with Gasteiger partial charge in [-0.25, -0.2) is 19.8 Å². The first kappa shape index (κ1) is 27.6. The number of amides is 1. The van der Waals surface area contributed by atoms with Crippen LogP contribution in [-0.2, 0) is 15.7 Å². The van der Waals surface area contributed by atoms with Crippen molar-refractivity contribution in [2.75, 3.05) is 26.2 Å². The molecule has 2 saturated heterocycles. The van der Waals surface area contributed by atoms with Crippen LogP contribution in [0.15, 0.2) is 46.4 Å². The van der Waals surface area contributed by atoms with Crippen molar-refractivity contribution in [3.63, 3.8) is 0 Å². The minimum absolute atomic E-state index is 0.130. The minimum atomic E-state index is -4.51. The number of carbonyl (C=O) groups is 1. The number of pyridine rings is 1. The largest absolute Gasteiger partial charge is 0.444 e. The molecule has 2 fully saturated rings. The Morgan fingerprint density at radius 1 is 1.24 bits per heavy atom. The number of amidine groups is 1. The number of hydrogen-bond acceptors (Lipinski definition) is 6. The van der Waals surface area contributed by atoms with Gasteiger partial charge in [0.2, 0.25) is 0 Å². The number of imidazole rings is 1. The summed E-state index contributed by atoms with van der Waals surface area (Å²) in [6.07, 6.45) is -0.701. The fourth-order valence-corrected chi connectivity index (χ4v) is 4.82. The summed E-state index contributed by atoms with van der Waals surface area (Å²) in [5, 5.41) is 0. The number of hydrogen-bond donors (Lipinski definition) is 0. The van der Waals surface area contributed by atoms with Crippen LogP contribution in [0.4, 0.5) is 18.0 Å². The Hall–Kier alpha value is -3.41. The van der Waals surface area contributed by atoms with Crippen molar-refractivity contribution in [3.8, 4) is 0 Å². The number of carbonyl (C=O) groups excluding carboxylic acids is 1. The van der Waals surface area contributed by atoms with Gasteiger partial charge in [-0.05, 0) is 66.5 Å². The predicted molar refractivity (Wildman–Crippen MR) is 137 cm³/mol. The molecule has 2 aliphatic heterocycles.